The summed E-state index contributed by atoms with van der Waals surface area (Å²) in [6, 6.07) is 14.8. The van der Waals surface area contributed by atoms with E-state index in [2.05, 4.69) is 5.16 Å². The molecule has 0 radical (unpaired) electrons. The van der Waals surface area contributed by atoms with Gasteiger partial charge in [-0.15, -0.1) is 0 Å². The van der Waals surface area contributed by atoms with Crippen molar-refractivity contribution >= 4 is 11.8 Å². The molecule has 1 aromatic heterocycles. The maximum Gasteiger partial charge on any atom is 0.344 e. The van der Waals surface area contributed by atoms with Crippen molar-refractivity contribution in [2.45, 2.75) is 20.8 Å². The minimum atomic E-state index is -0.624. The summed E-state index contributed by atoms with van der Waals surface area (Å²) in [5, 5.41) is 3.96. The number of benzene rings is 2. The average Bonchev–Trinajstić information content (AvgIpc) is 3.02. The molecule has 0 unspecified atom stereocenters. The van der Waals surface area contributed by atoms with E-state index in [9.17, 15) is 9.59 Å². The number of carbonyl (C=O) groups excluding carboxylic acids is 2. The summed E-state index contributed by atoms with van der Waals surface area (Å²) in [5.41, 5.74) is 3.88. The molecule has 0 aliphatic carbocycles. The van der Waals surface area contributed by atoms with Crippen LogP contribution in [0.25, 0.3) is 11.3 Å². The van der Waals surface area contributed by atoms with Crippen molar-refractivity contribution in [2.75, 3.05) is 6.61 Å². The van der Waals surface area contributed by atoms with Gasteiger partial charge in [-0.25, -0.2) is 4.79 Å². The van der Waals surface area contributed by atoms with Crippen LogP contribution >= 0.6 is 0 Å². The first-order valence-corrected chi connectivity index (χ1v) is 8.26. The molecule has 132 valence electrons. The van der Waals surface area contributed by atoms with Crippen molar-refractivity contribution in [3.63, 3.8) is 0 Å². The van der Waals surface area contributed by atoms with Gasteiger partial charge < -0.3 is 9.26 Å². The lowest BCUT2D eigenvalue weighted by Crippen LogP contribution is -2.16. The number of aryl methyl sites for hydroxylation is 3. The smallest absolute Gasteiger partial charge is 0.344 e. The first kappa shape index (κ1) is 17.6. The third-order valence-corrected chi connectivity index (χ3v) is 4.13. The number of esters is 1. The van der Waals surface area contributed by atoms with Crippen LogP contribution in [-0.2, 0) is 4.74 Å². The van der Waals surface area contributed by atoms with Crippen molar-refractivity contribution in [2.24, 2.45) is 0 Å². The van der Waals surface area contributed by atoms with Crippen molar-refractivity contribution < 1.29 is 18.8 Å². The number of aromatic nitrogens is 1. The number of carbonyl (C=O) groups is 2. The maximum atomic E-state index is 12.5. The van der Waals surface area contributed by atoms with Gasteiger partial charge >= 0.3 is 5.97 Å². The molecule has 0 atom stereocenters. The number of hydrogen-bond donors (Lipinski definition) is 0. The number of ether oxygens (including phenoxy) is 1. The highest BCUT2D eigenvalue weighted by Crippen LogP contribution is 2.25. The van der Waals surface area contributed by atoms with Crippen LogP contribution in [0.1, 0.15) is 37.6 Å². The van der Waals surface area contributed by atoms with Gasteiger partial charge in [-0.2, -0.15) is 0 Å². The second-order valence-electron chi connectivity index (χ2n) is 6.15. The van der Waals surface area contributed by atoms with Crippen LogP contribution in [0, 0.1) is 20.8 Å². The number of ketones is 1. The van der Waals surface area contributed by atoms with Gasteiger partial charge in [0.2, 0.25) is 5.78 Å². The fraction of sp³-hybridized carbons (Fsp3) is 0.190. The predicted octanol–water partition coefficient (Wildman–Crippen LogP) is 4.31. The highest BCUT2D eigenvalue weighted by Gasteiger charge is 2.24. The van der Waals surface area contributed by atoms with Crippen LogP contribution in [-0.4, -0.2) is 23.5 Å². The van der Waals surface area contributed by atoms with Gasteiger partial charge in [-0.1, -0.05) is 59.3 Å². The lowest BCUT2D eigenvalue weighted by molar-refractivity contribution is 0.0473. The Hall–Kier alpha value is -3.21. The molecule has 0 fully saturated rings. The van der Waals surface area contributed by atoms with E-state index in [1.54, 1.807) is 13.0 Å². The summed E-state index contributed by atoms with van der Waals surface area (Å²) >= 11 is 0. The van der Waals surface area contributed by atoms with Crippen molar-refractivity contribution in [3.8, 4) is 11.3 Å². The standard InChI is InChI=1S/C21H19NO4/c1-13-9-10-17(14(2)11-13)18(23)12-25-21(24)19-15(3)26-22-20(19)16-7-5-4-6-8-16/h4-11H,12H2,1-3H3. The second-order valence-corrected chi connectivity index (χ2v) is 6.15. The molecule has 0 saturated heterocycles. The lowest BCUT2D eigenvalue weighted by Gasteiger charge is -2.07. The van der Waals surface area contributed by atoms with Crippen molar-refractivity contribution in [1.82, 2.24) is 5.16 Å². The third kappa shape index (κ3) is 3.57. The van der Waals surface area contributed by atoms with E-state index in [4.69, 9.17) is 9.26 Å². The van der Waals surface area contributed by atoms with Crippen LogP contribution in [0.5, 0.6) is 0 Å². The number of hydrogen-bond acceptors (Lipinski definition) is 5. The van der Waals surface area contributed by atoms with E-state index in [-0.39, 0.29) is 18.0 Å². The Morgan fingerprint density at radius 1 is 1.04 bits per heavy atom. The fourth-order valence-corrected chi connectivity index (χ4v) is 2.81. The minimum absolute atomic E-state index is 0.240. The summed E-state index contributed by atoms with van der Waals surface area (Å²) in [5.74, 6) is -0.514. The van der Waals surface area contributed by atoms with Crippen LogP contribution in [0.15, 0.2) is 53.1 Å². The zero-order chi connectivity index (χ0) is 18.7. The first-order valence-electron chi connectivity index (χ1n) is 8.26. The molecule has 3 rings (SSSR count). The summed E-state index contributed by atoms with van der Waals surface area (Å²) in [6.07, 6.45) is 0. The molecule has 0 spiro atoms. The lowest BCUT2D eigenvalue weighted by atomic mass is 10.0. The molecule has 0 saturated carbocycles. The average molecular weight is 349 g/mol. The summed E-state index contributed by atoms with van der Waals surface area (Å²) in [4.78, 5) is 24.9. The largest absolute Gasteiger partial charge is 0.454 e. The normalized spacial score (nSPS) is 10.6. The molecule has 0 aliphatic rings. The first-order chi connectivity index (χ1) is 12.5. The molecule has 26 heavy (non-hydrogen) atoms. The van der Waals surface area contributed by atoms with E-state index in [1.807, 2.05) is 56.3 Å². The second kappa shape index (κ2) is 7.35. The molecule has 5 nitrogen and oxygen atoms in total. The van der Waals surface area contributed by atoms with Crippen LogP contribution in [0.2, 0.25) is 0 Å². The maximum absolute atomic E-state index is 12.5. The van der Waals surface area contributed by atoms with Crippen LogP contribution in [0.4, 0.5) is 0 Å². The van der Waals surface area contributed by atoms with E-state index in [1.165, 1.54) is 0 Å². The van der Waals surface area contributed by atoms with E-state index in [0.29, 0.717) is 17.0 Å². The highest BCUT2D eigenvalue weighted by molar-refractivity contribution is 6.02. The molecule has 0 amide bonds. The molecule has 5 heteroatoms. The SMILES string of the molecule is Cc1ccc(C(=O)COC(=O)c2c(-c3ccccc3)noc2C)c(C)c1. The molecule has 3 aromatic rings. The van der Waals surface area contributed by atoms with Gasteiger partial charge in [0.15, 0.2) is 6.61 Å². The third-order valence-electron chi connectivity index (χ3n) is 4.13. The molecule has 0 bridgehead atoms. The molecular formula is C21H19NO4. The van der Waals surface area contributed by atoms with Crippen molar-refractivity contribution in [3.05, 3.63) is 76.5 Å². The van der Waals surface area contributed by atoms with Gasteiger partial charge in [0.25, 0.3) is 0 Å². The fourth-order valence-electron chi connectivity index (χ4n) is 2.81. The Bertz CT molecular complexity index is 957. The zero-order valence-corrected chi connectivity index (χ0v) is 14.9. The zero-order valence-electron chi connectivity index (χ0n) is 14.9. The van der Waals surface area contributed by atoms with Crippen LogP contribution in [0.3, 0.4) is 0 Å². The molecular weight excluding hydrogens is 330 g/mol. The van der Waals surface area contributed by atoms with Gasteiger partial charge in [0.1, 0.15) is 17.0 Å². The topological polar surface area (TPSA) is 69.4 Å². The summed E-state index contributed by atoms with van der Waals surface area (Å²) in [6.45, 7) is 5.13. The van der Waals surface area contributed by atoms with E-state index < -0.39 is 5.97 Å². The molecule has 0 aliphatic heterocycles. The van der Waals surface area contributed by atoms with Gasteiger partial charge in [0, 0.05) is 11.1 Å². The van der Waals surface area contributed by atoms with E-state index in [0.717, 1.165) is 16.7 Å². The highest BCUT2D eigenvalue weighted by atomic mass is 16.5. The molecule has 1 heterocycles. The van der Waals surface area contributed by atoms with Gasteiger partial charge in [0.05, 0.1) is 0 Å². The summed E-state index contributed by atoms with van der Waals surface area (Å²) < 4.78 is 10.4. The molecule has 0 N–H and O–H groups in total. The Kier molecular flexibility index (Phi) is 4.98. The monoisotopic (exact) mass is 349 g/mol. The van der Waals surface area contributed by atoms with Crippen molar-refractivity contribution in [1.29, 1.82) is 0 Å². The van der Waals surface area contributed by atoms with Crippen LogP contribution < -0.4 is 0 Å². The predicted molar refractivity (Wildman–Crippen MR) is 97.2 cm³/mol. The quantitative estimate of drug-likeness (QED) is 0.507. The Labute approximate surface area is 151 Å². The summed E-state index contributed by atoms with van der Waals surface area (Å²) in [7, 11) is 0. The number of rotatable bonds is 5. The Morgan fingerprint density at radius 3 is 2.46 bits per heavy atom. The number of Topliss-reactive ketones (excluding diaryl/α,β-unsaturated/α-hetero) is 1. The Balaban J connectivity index is 1.77. The Morgan fingerprint density at radius 2 is 1.77 bits per heavy atom. The van der Waals surface area contributed by atoms with Gasteiger partial charge in [-0.3, -0.25) is 4.79 Å². The molecule has 2 aromatic carbocycles. The number of nitrogens with zero attached hydrogens (tertiary/aromatic N) is 1. The minimum Gasteiger partial charge on any atom is -0.454 e. The van der Waals surface area contributed by atoms with E-state index >= 15 is 0 Å². The van der Waals surface area contributed by atoms with Gasteiger partial charge in [-0.05, 0) is 26.3 Å².